The highest BCUT2D eigenvalue weighted by atomic mass is 32.2. The van der Waals surface area contributed by atoms with Crippen LogP contribution in [0.1, 0.15) is 103 Å². The van der Waals surface area contributed by atoms with Crippen LogP contribution in [0.3, 0.4) is 0 Å². The van der Waals surface area contributed by atoms with Gasteiger partial charge in [0, 0.05) is 41.9 Å². The first-order valence-electron chi connectivity index (χ1n) is 15.0. The highest BCUT2D eigenvalue weighted by Gasteiger charge is 2.62. The van der Waals surface area contributed by atoms with Gasteiger partial charge in [0.15, 0.2) is 21.3 Å². The molecule has 0 saturated heterocycles. The fourth-order valence-corrected chi connectivity index (χ4v) is 10.00. The summed E-state index contributed by atoms with van der Waals surface area (Å²) in [5.41, 5.74) is 1.67. The van der Waals surface area contributed by atoms with Crippen molar-refractivity contribution in [3.63, 3.8) is 0 Å². The summed E-state index contributed by atoms with van der Waals surface area (Å²) in [6.45, 7) is 10.9. The number of ketones is 1. The van der Waals surface area contributed by atoms with Crippen LogP contribution in [0.4, 0.5) is 0 Å². The zero-order valence-corrected chi connectivity index (χ0v) is 25.9. The number of fused-ring (bicyclic) bond motifs is 3. The van der Waals surface area contributed by atoms with Gasteiger partial charge in [-0.25, -0.2) is 8.42 Å². The number of quaternary nitrogens is 1. The van der Waals surface area contributed by atoms with Gasteiger partial charge in [-0.05, 0) is 43.1 Å². The van der Waals surface area contributed by atoms with Gasteiger partial charge in [0.05, 0.1) is 12.0 Å². The van der Waals surface area contributed by atoms with E-state index in [-0.39, 0.29) is 27.9 Å². The van der Waals surface area contributed by atoms with Crippen LogP contribution in [0.5, 0.6) is 11.5 Å². The van der Waals surface area contributed by atoms with Crippen molar-refractivity contribution in [1.82, 2.24) is 0 Å². The summed E-state index contributed by atoms with van der Waals surface area (Å²) in [5, 5.41) is 12.5. The Labute approximate surface area is 240 Å². The third-order valence-corrected chi connectivity index (χ3v) is 12.6. The average Bonchev–Trinajstić information content (AvgIpc) is 3.26. The van der Waals surface area contributed by atoms with Crippen molar-refractivity contribution < 1.29 is 28.4 Å². The highest BCUT2D eigenvalue weighted by molar-refractivity contribution is 7.91. The summed E-state index contributed by atoms with van der Waals surface area (Å²) in [7, 11) is -2.09. The molecule has 5 rings (SSSR count). The largest absolute Gasteiger partial charge is 0.504 e. The molecule has 40 heavy (non-hydrogen) atoms. The molecular formula is C33H48NO5S+. The molecule has 2 saturated carbocycles. The lowest BCUT2D eigenvalue weighted by atomic mass is 9.67. The van der Waals surface area contributed by atoms with Crippen LogP contribution >= 0.6 is 0 Å². The molecular weight excluding hydrogens is 522 g/mol. The highest BCUT2D eigenvalue weighted by Crippen LogP contribution is 2.65. The van der Waals surface area contributed by atoms with Crippen molar-refractivity contribution in [3.05, 3.63) is 53.6 Å². The molecule has 1 aliphatic heterocycles. The lowest BCUT2D eigenvalue weighted by Crippen LogP contribution is -2.98. The minimum atomic E-state index is -3.56. The van der Waals surface area contributed by atoms with Crippen molar-refractivity contribution in [2.45, 2.75) is 102 Å². The maximum Gasteiger partial charge on any atom is 0.185 e. The molecule has 7 heteroatoms. The zero-order valence-electron chi connectivity index (χ0n) is 25.1. The minimum Gasteiger partial charge on any atom is -0.504 e. The van der Waals surface area contributed by atoms with Crippen LogP contribution in [-0.2, 0) is 14.6 Å². The molecule has 220 valence electrons. The Morgan fingerprint density at radius 2 is 1.77 bits per heavy atom. The minimum absolute atomic E-state index is 0.0671. The Morgan fingerprint density at radius 1 is 1.07 bits per heavy atom. The van der Waals surface area contributed by atoms with E-state index in [9.17, 15) is 18.3 Å². The standard InChI is InChI=1S/C22H29NO4S.C11H18O/c1-4-6-12-22(5-2)15-28(25,26)20-14-18(24)19(27-3)13-17(20)21(23-22)16-10-8-7-9-11-16;1-4-11-6-5-8(7-9(11)12)10(11,2)3/h7-11,13-14,21,23-24H,4-6,12,15H2,1-3H3;8H,4-7H2,1-3H3/p+1/t21-,22-;/m1./s1. The molecule has 6 nitrogen and oxygen atoms in total. The quantitative estimate of drug-likeness (QED) is 0.427. The number of sulfone groups is 1. The van der Waals surface area contributed by atoms with E-state index in [0.29, 0.717) is 28.4 Å². The maximum atomic E-state index is 13.4. The van der Waals surface area contributed by atoms with Gasteiger partial charge in [-0.1, -0.05) is 71.4 Å². The monoisotopic (exact) mass is 570 g/mol. The van der Waals surface area contributed by atoms with E-state index < -0.39 is 15.4 Å². The van der Waals surface area contributed by atoms with Crippen LogP contribution in [0, 0.1) is 16.7 Å². The summed E-state index contributed by atoms with van der Waals surface area (Å²) in [5.74, 6) is 1.45. The Balaban J connectivity index is 0.000000255. The predicted molar refractivity (Wildman–Crippen MR) is 158 cm³/mol. The van der Waals surface area contributed by atoms with E-state index >= 15 is 0 Å². The molecule has 3 aliphatic rings. The molecule has 2 aromatic rings. The van der Waals surface area contributed by atoms with Crippen molar-refractivity contribution in [2.75, 3.05) is 12.9 Å². The SMILES string of the molecule is CCC12CCC(CC1=O)C2(C)C.CCCC[C@]1(CC)CS(=O)(=O)c2cc(O)c(OC)cc2[C@@H](c2ccccc2)[NH2+]1. The molecule has 0 aromatic heterocycles. The fraction of sp³-hybridized carbons (Fsp3) is 0.606. The second-order valence-electron chi connectivity index (χ2n) is 12.7. The number of ether oxygens (including phenoxy) is 1. The number of phenols is 1. The molecule has 4 atom stereocenters. The first-order valence-corrected chi connectivity index (χ1v) is 16.6. The van der Waals surface area contributed by atoms with Gasteiger partial charge in [0.25, 0.3) is 0 Å². The Morgan fingerprint density at radius 3 is 2.27 bits per heavy atom. The number of phenolic OH excluding ortho intramolecular Hbond substituents is 1. The predicted octanol–water partition coefficient (Wildman–Crippen LogP) is 5.97. The molecule has 2 unspecified atom stereocenters. The van der Waals surface area contributed by atoms with E-state index in [2.05, 4.69) is 39.9 Å². The molecule has 1 heterocycles. The van der Waals surface area contributed by atoms with Gasteiger partial charge in [0.1, 0.15) is 23.1 Å². The molecule has 0 spiro atoms. The van der Waals surface area contributed by atoms with Crippen LogP contribution < -0.4 is 10.1 Å². The van der Waals surface area contributed by atoms with Gasteiger partial charge in [-0.15, -0.1) is 0 Å². The first kappa shape index (κ1) is 30.6. The van der Waals surface area contributed by atoms with E-state index in [1.165, 1.54) is 19.6 Å². The average molecular weight is 571 g/mol. The molecule has 2 aliphatic carbocycles. The van der Waals surface area contributed by atoms with E-state index in [1.807, 2.05) is 30.3 Å². The second kappa shape index (κ2) is 11.5. The number of methoxy groups -OCH3 is 1. The van der Waals surface area contributed by atoms with E-state index in [0.717, 1.165) is 50.5 Å². The van der Waals surface area contributed by atoms with Gasteiger partial charge < -0.3 is 15.2 Å². The summed E-state index contributed by atoms with van der Waals surface area (Å²) in [6.07, 6.45) is 7.94. The normalized spacial score (nSPS) is 29.7. The van der Waals surface area contributed by atoms with Gasteiger partial charge in [-0.3, -0.25) is 4.79 Å². The maximum absolute atomic E-state index is 13.4. The lowest BCUT2D eigenvalue weighted by molar-refractivity contribution is -0.752. The van der Waals surface area contributed by atoms with Crippen LogP contribution in [0.25, 0.3) is 0 Å². The first-order chi connectivity index (χ1) is 18.9. The number of unbranched alkanes of at least 4 members (excludes halogenated alkanes) is 1. The second-order valence-corrected chi connectivity index (χ2v) is 14.7. The molecule has 3 N–H and O–H groups in total. The smallest absolute Gasteiger partial charge is 0.185 e. The van der Waals surface area contributed by atoms with Crippen LogP contribution in [0.2, 0.25) is 0 Å². The van der Waals surface area contributed by atoms with Crippen LogP contribution in [0.15, 0.2) is 47.4 Å². The molecule has 2 aromatic carbocycles. The third kappa shape index (κ3) is 5.20. The topological polar surface area (TPSA) is 97.3 Å². The number of aromatic hydroxyl groups is 1. The molecule has 0 amide bonds. The van der Waals surface area contributed by atoms with Crippen LogP contribution in [-0.4, -0.2) is 37.7 Å². The van der Waals surface area contributed by atoms with Crippen molar-refractivity contribution in [2.24, 2.45) is 16.7 Å². The van der Waals surface area contributed by atoms with Gasteiger partial charge in [0.2, 0.25) is 0 Å². The number of carbonyl (C=O) groups is 1. The fourth-order valence-electron chi connectivity index (χ4n) is 7.80. The summed E-state index contributed by atoms with van der Waals surface area (Å²) < 4.78 is 32.1. The van der Waals surface area contributed by atoms with Crippen molar-refractivity contribution in [3.8, 4) is 11.5 Å². The number of hydrogen-bond donors (Lipinski definition) is 2. The Bertz CT molecular complexity index is 1320. The molecule has 2 bridgehead atoms. The Kier molecular flexibility index (Phi) is 8.77. The van der Waals surface area contributed by atoms with E-state index in [1.54, 1.807) is 6.07 Å². The number of benzene rings is 2. The molecule has 2 fully saturated rings. The third-order valence-electron chi connectivity index (χ3n) is 10.6. The summed E-state index contributed by atoms with van der Waals surface area (Å²) >= 11 is 0. The van der Waals surface area contributed by atoms with Crippen molar-refractivity contribution in [1.29, 1.82) is 0 Å². The van der Waals surface area contributed by atoms with Crippen molar-refractivity contribution >= 4 is 15.6 Å². The number of nitrogens with two attached hydrogens (primary N) is 1. The lowest BCUT2D eigenvalue weighted by Gasteiger charge is -2.35. The number of carbonyl (C=O) groups excluding carboxylic acids is 1. The van der Waals surface area contributed by atoms with Gasteiger partial charge >= 0.3 is 0 Å². The summed E-state index contributed by atoms with van der Waals surface area (Å²) in [4.78, 5) is 12.0. The zero-order chi connectivity index (χ0) is 29.3. The van der Waals surface area contributed by atoms with E-state index in [4.69, 9.17) is 4.74 Å². The number of rotatable bonds is 7. The number of Topliss-reactive ketones (excluding diaryl/α,β-unsaturated/α-hetero) is 1. The van der Waals surface area contributed by atoms with Gasteiger partial charge in [-0.2, -0.15) is 0 Å². The Hall–Kier alpha value is -2.38. The number of hydrogen-bond acceptors (Lipinski definition) is 5. The molecule has 0 radical (unpaired) electrons. The summed E-state index contributed by atoms with van der Waals surface area (Å²) in [6, 6.07) is 12.8.